The zero-order valence-electron chi connectivity index (χ0n) is 18.6. The van der Waals surface area contributed by atoms with Crippen LogP contribution >= 0.6 is 11.8 Å². The van der Waals surface area contributed by atoms with Gasteiger partial charge in [-0.1, -0.05) is 32.5 Å². The fourth-order valence-corrected chi connectivity index (χ4v) is 4.05. The van der Waals surface area contributed by atoms with Crippen molar-refractivity contribution in [2.75, 3.05) is 12.9 Å². The van der Waals surface area contributed by atoms with Gasteiger partial charge >= 0.3 is 5.69 Å². The molecule has 0 aliphatic rings. The molecule has 0 amide bonds. The maximum atomic E-state index is 12.9. The van der Waals surface area contributed by atoms with E-state index in [9.17, 15) is 14.4 Å². The van der Waals surface area contributed by atoms with E-state index in [2.05, 4.69) is 30.7 Å². The second-order valence-corrected chi connectivity index (χ2v) is 9.49. The summed E-state index contributed by atoms with van der Waals surface area (Å²) in [5.74, 6) is 1.20. The minimum absolute atomic E-state index is 0.0901. The first kappa shape index (κ1) is 22.7. The molecule has 8 nitrogen and oxygen atoms in total. The molecule has 0 N–H and O–H groups in total. The molecule has 0 unspecified atom stereocenters. The molecule has 9 heteroatoms. The molecule has 0 saturated carbocycles. The molecule has 0 radical (unpaired) electrons. The summed E-state index contributed by atoms with van der Waals surface area (Å²) < 4.78 is 7.51. The Labute approximate surface area is 184 Å². The summed E-state index contributed by atoms with van der Waals surface area (Å²) in [5, 5.41) is 0.650. The Hall–Kier alpha value is -2.94. The molecular weight excluding hydrogens is 416 g/mol. The van der Waals surface area contributed by atoms with Gasteiger partial charge in [-0.15, -0.1) is 0 Å². The SMILES string of the molecule is COc1ccc(C(=O)CSc2nc(CC(C)(C)C)nc3c2c(=O)n(C)c(=O)n3C)cc1. The summed E-state index contributed by atoms with van der Waals surface area (Å²) in [7, 11) is 4.56. The fourth-order valence-electron chi connectivity index (χ4n) is 3.12. The highest BCUT2D eigenvalue weighted by molar-refractivity contribution is 8.00. The van der Waals surface area contributed by atoms with Gasteiger partial charge in [0.2, 0.25) is 0 Å². The van der Waals surface area contributed by atoms with E-state index in [0.717, 1.165) is 4.57 Å². The van der Waals surface area contributed by atoms with Crippen molar-refractivity contribution in [1.82, 2.24) is 19.1 Å². The standard InChI is InChI=1S/C22H26N4O4S/c1-22(2,3)11-16-23-18-17(20(28)26(5)21(29)25(18)4)19(24-16)31-12-15(27)13-7-9-14(30-6)10-8-13/h7-10H,11-12H2,1-6H3. The van der Waals surface area contributed by atoms with Gasteiger partial charge in [0.25, 0.3) is 5.56 Å². The van der Waals surface area contributed by atoms with Gasteiger partial charge in [-0.3, -0.25) is 18.7 Å². The van der Waals surface area contributed by atoms with Crippen LogP contribution in [0.15, 0.2) is 38.9 Å². The summed E-state index contributed by atoms with van der Waals surface area (Å²) >= 11 is 1.18. The van der Waals surface area contributed by atoms with Crippen LogP contribution in [0.1, 0.15) is 37.0 Å². The number of hydrogen-bond donors (Lipinski definition) is 0. The summed E-state index contributed by atoms with van der Waals surface area (Å²) in [6.07, 6.45) is 0.562. The minimum Gasteiger partial charge on any atom is -0.497 e. The van der Waals surface area contributed by atoms with Crippen LogP contribution in [-0.4, -0.2) is 37.7 Å². The highest BCUT2D eigenvalue weighted by Crippen LogP contribution is 2.26. The van der Waals surface area contributed by atoms with Crippen LogP contribution in [0.25, 0.3) is 11.0 Å². The molecule has 3 rings (SSSR count). The Bertz CT molecular complexity index is 1250. The van der Waals surface area contributed by atoms with Crippen molar-refractivity contribution in [3.05, 3.63) is 56.5 Å². The van der Waals surface area contributed by atoms with Crippen LogP contribution < -0.4 is 16.0 Å². The lowest BCUT2D eigenvalue weighted by atomic mass is 9.92. The van der Waals surface area contributed by atoms with Gasteiger partial charge in [0, 0.05) is 26.1 Å². The van der Waals surface area contributed by atoms with Crippen LogP contribution in [-0.2, 0) is 20.5 Å². The van der Waals surface area contributed by atoms with Crippen LogP contribution in [0.3, 0.4) is 0 Å². The second-order valence-electron chi connectivity index (χ2n) is 8.53. The van der Waals surface area contributed by atoms with Crippen molar-refractivity contribution in [3.8, 4) is 5.75 Å². The Morgan fingerprint density at radius 3 is 2.29 bits per heavy atom. The summed E-state index contributed by atoms with van der Waals surface area (Å²) in [5.41, 5.74) is -0.195. The lowest BCUT2D eigenvalue weighted by Crippen LogP contribution is -2.38. The third-order valence-electron chi connectivity index (χ3n) is 4.75. The van der Waals surface area contributed by atoms with Gasteiger partial charge in [0.15, 0.2) is 11.4 Å². The van der Waals surface area contributed by atoms with Crippen molar-refractivity contribution in [2.24, 2.45) is 19.5 Å². The quantitative estimate of drug-likeness (QED) is 0.329. The molecule has 2 heterocycles. The number of carbonyl (C=O) groups is 1. The lowest BCUT2D eigenvalue weighted by molar-refractivity contribution is 0.102. The maximum Gasteiger partial charge on any atom is 0.332 e. The molecule has 0 spiro atoms. The summed E-state index contributed by atoms with van der Waals surface area (Å²) in [4.78, 5) is 47.1. The molecule has 0 aliphatic heterocycles. The Kier molecular flexibility index (Phi) is 6.35. The molecule has 2 aromatic heterocycles. The topological polar surface area (TPSA) is 96.1 Å². The minimum atomic E-state index is -0.472. The van der Waals surface area contributed by atoms with Crippen molar-refractivity contribution >= 4 is 28.6 Å². The van der Waals surface area contributed by atoms with E-state index in [-0.39, 0.29) is 28.0 Å². The molecule has 0 fully saturated rings. The summed E-state index contributed by atoms with van der Waals surface area (Å²) in [6, 6.07) is 6.86. The van der Waals surface area contributed by atoms with Crippen molar-refractivity contribution < 1.29 is 9.53 Å². The number of ketones is 1. The van der Waals surface area contributed by atoms with Gasteiger partial charge in [-0.05, 0) is 29.7 Å². The number of Topliss-reactive ketones (excluding diaryl/α,β-unsaturated/α-hetero) is 1. The number of hydrogen-bond acceptors (Lipinski definition) is 7. The van der Waals surface area contributed by atoms with Crippen LogP contribution in [0, 0.1) is 5.41 Å². The molecule has 0 bridgehead atoms. The first-order valence-electron chi connectivity index (χ1n) is 9.78. The van der Waals surface area contributed by atoms with E-state index in [1.165, 1.54) is 23.4 Å². The molecule has 0 atom stereocenters. The molecule has 164 valence electrons. The number of aryl methyl sites for hydroxylation is 1. The van der Waals surface area contributed by atoms with Gasteiger partial charge in [0.05, 0.1) is 12.9 Å². The number of fused-ring (bicyclic) bond motifs is 1. The molecule has 0 saturated heterocycles. The number of benzene rings is 1. The number of thioether (sulfide) groups is 1. The number of methoxy groups -OCH3 is 1. The van der Waals surface area contributed by atoms with Crippen LogP contribution in [0.4, 0.5) is 0 Å². The molecule has 0 aliphatic carbocycles. The first-order valence-corrected chi connectivity index (χ1v) is 10.8. The Balaban J connectivity index is 2.05. The van der Waals surface area contributed by atoms with Crippen LogP contribution in [0.2, 0.25) is 0 Å². The Morgan fingerprint density at radius 1 is 1.06 bits per heavy atom. The van der Waals surface area contributed by atoms with Crippen LogP contribution in [0.5, 0.6) is 5.75 Å². The third kappa shape index (κ3) is 4.87. The first-order chi connectivity index (χ1) is 14.5. The van der Waals surface area contributed by atoms with E-state index in [1.807, 2.05) is 0 Å². The fraction of sp³-hybridized carbons (Fsp3) is 0.409. The van der Waals surface area contributed by atoms with Crippen molar-refractivity contribution in [3.63, 3.8) is 0 Å². The highest BCUT2D eigenvalue weighted by Gasteiger charge is 2.21. The monoisotopic (exact) mass is 442 g/mol. The molecule has 31 heavy (non-hydrogen) atoms. The van der Waals surface area contributed by atoms with Crippen molar-refractivity contribution in [2.45, 2.75) is 32.2 Å². The predicted molar refractivity (Wildman–Crippen MR) is 121 cm³/mol. The maximum absolute atomic E-state index is 12.9. The molecule has 3 aromatic rings. The van der Waals surface area contributed by atoms with Gasteiger partial charge in [0.1, 0.15) is 22.0 Å². The number of aromatic nitrogens is 4. The lowest BCUT2D eigenvalue weighted by Gasteiger charge is -2.18. The number of rotatable bonds is 6. The average molecular weight is 443 g/mol. The van der Waals surface area contributed by atoms with E-state index in [4.69, 9.17) is 4.74 Å². The number of nitrogens with zero attached hydrogens (tertiary/aromatic N) is 4. The third-order valence-corrected chi connectivity index (χ3v) is 5.73. The number of carbonyl (C=O) groups excluding carboxylic acids is 1. The molecular formula is C22H26N4O4S. The summed E-state index contributed by atoms with van der Waals surface area (Å²) in [6.45, 7) is 6.18. The van der Waals surface area contributed by atoms with Gasteiger partial charge in [-0.2, -0.15) is 0 Å². The largest absolute Gasteiger partial charge is 0.497 e. The Morgan fingerprint density at radius 2 is 1.71 bits per heavy atom. The van der Waals surface area contributed by atoms with E-state index >= 15 is 0 Å². The zero-order chi connectivity index (χ0) is 22.9. The van der Waals surface area contributed by atoms with Crippen molar-refractivity contribution in [1.29, 1.82) is 0 Å². The molecule has 1 aromatic carbocycles. The van der Waals surface area contributed by atoms with E-state index in [0.29, 0.717) is 28.6 Å². The average Bonchev–Trinajstić information content (AvgIpc) is 2.73. The normalized spacial score (nSPS) is 11.7. The predicted octanol–water partition coefficient (Wildman–Crippen LogP) is 2.60. The number of ether oxygens (including phenoxy) is 1. The highest BCUT2D eigenvalue weighted by atomic mass is 32.2. The van der Waals surface area contributed by atoms with Gasteiger partial charge < -0.3 is 4.74 Å². The van der Waals surface area contributed by atoms with E-state index in [1.54, 1.807) is 38.4 Å². The smallest absolute Gasteiger partial charge is 0.332 e. The van der Waals surface area contributed by atoms with Gasteiger partial charge in [-0.25, -0.2) is 14.8 Å². The second kappa shape index (κ2) is 8.66. The zero-order valence-corrected chi connectivity index (χ0v) is 19.4. The van der Waals surface area contributed by atoms with E-state index < -0.39 is 11.2 Å².